The molecule has 3 fully saturated rings. The summed E-state index contributed by atoms with van der Waals surface area (Å²) in [5.74, 6) is 7.70. The molecule has 1 aliphatic carbocycles. The third-order valence-corrected chi connectivity index (χ3v) is 6.09. The highest BCUT2D eigenvalue weighted by Gasteiger charge is 2.51. The Morgan fingerprint density at radius 2 is 1.93 bits per heavy atom. The largest absolute Gasteiger partial charge is 0.329 e. The predicted molar refractivity (Wildman–Crippen MR) is 98.8 cm³/mol. The number of nitrogens with one attached hydrogen (secondary N) is 2. The maximum Gasteiger partial charge on any atom is 0.329 e. The quantitative estimate of drug-likeness (QED) is 0.557. The normalized spacial score (nSPS) is 29.2. The van der Waals surface area contributed by atoms with Crippen molar-refractivity contribution in [2.45, 2.75) is 18.9 Å². The average molecular weight is 364 g/mol. The topological polar surface area (TPSA) is 85.1 Å². The summed E-state index contributed by atoms with van der Waals surface area (Å²) >= 11 is 0. The average Bonchev–Trinajstić information content (AvgIpc) is 2.97. The van der Waals surface area contributed by atoms with Crippen molar-refractivity contribution in [3.8, 4) is 11.8 Å². The van der Waals surface area contributed by atoms with E-state index in [9.17, 15) is 14.4 Å². The number of imidazole rings is 1. The number of para-hydroxylation sites is 1. The van der Waals surface area contributed by atoms with Crippen LogP contribution in [-0.2, 0) is 16.6 Å². The van der Waals surface area contributed by atoms with Crippen molar-refractivity contribution >= 4 is 22.8 Å². The third-order valence-electron chi connectivity index (χ3n) is 6.09. The van der Waals surface area contributed by atoms with Gasteiger partial charge >= 0.3 is 5.69 Å². The number of benzene rings is 1. The van der Waals surface area contributed by atoms with Gasteiger partial charge in [-0.15, -0.1) is 0 Å². The molecule has 2 aromatic rings. The number of carbonyl (C=O) groups is 2. The van der Waals surface area contributed by atoms with E-state index in [0.717, 1.165) is 24.2 Å². The number of nitrogens with zero attached hydrogens (tertiary/aromatic N) is 2. The molecule has 1 aromatic heterocycles. The second-order valence-corrected chi connectivity index (χ2v) is 7.63. The molecule has 1 aromatic carbocycles. The molecule has 2 saturated heterocycles. The van der Waals surface area contributed by atoms with E-state index in [1.54, 1.807) is 11.6 Å². The highest BCUT2D eigenvalue weighted by atomic mass is 16.2. The number of hydrogen-bond acceptors (Lipinski definition) is 4. The zero-order valence-electron chi connectivity index (χ0n) is 15.0. The first-order valence-corrected chi connectivity index (χ1v) is 9.32. The number of imide groups is 1. The summed E-state index contributed by atoms with van der Waals surface area (Å²) in [7, 11) is 1.70. The second kappa shape index (κ2) is 5.83. The Labute approximate surface area is 155 Å². The molecule has 7 nitrogen and oxygen atoms in total. The Morgan fingerprint density at radius 3 is 2.67 bits per heavy atom. The summed E-state index contributed by atoms with van der Waals surface area (Å²) in [5, 5.41) is 5.70. The van der Waals surface area contributed by atoms with E-state index in [1.807, 2.05) is 18.2 Å². The van der Waals surface area contributed by atoms with Gasteiger partial charge in [-0.25, -0.2) is 4.79 Å². The van der Waals surface area contributed by atoms with E-state index in [-0.39, 0.29) is 18.0 Å². The van der Waals surface area contributed by atoms with Crippen LogP contribution in [0.5, 0.6) is 0 Å². The Morgan fingerprint density at radius 1 is 1.15 bits per heavy atom. The molecule has 138 valence electrons. The Bertz CT molecular complexity index is 1090. The summed E-state index contributed by atoms with van der Waals surface area (Å²) < 4.78 is 3.05. The molecule has 3 unspecified atom stereocenters. The van der Waals surface area contributed by atoms with Crippen molar-refractivity contribution in [2.24, 2.45) is 24.8 Å². The molecular formula is C20H20N4O3. The molecule has 27 heavy (non-hydrogen) atoms. The van der Waals surface area contributed by atoms with Crippen molar-refractivity contribution in [1.29, 1.82) is 0 Å². The van der Waals surface area contributed by atoms with Crippen LogP contribution in [-0.4, -0.2) is 34.0 Å². The minimum Gasteiger partial charge on any atom is -0.316 e. The zero-order valence-corrected chi connectivity index (χ0v) is 15.0. The Kier molecular flexibility index (Phi) is 3.52. The van der Waals surface area contributed by atoms with E-state index >= 15 is 0 Å². The maximum atomic E-state index is 12.9. The number of fused-ring (bicyclic) bond motifs is 2. The van der Waals surface area contributed by atoms with Gasteiger partial charge in [-0.2, -0.15) is 0 Å². The van der Waals surface area contributed by atoms with Gasteiger partial charge in [0.2, 0.25) is 11.8 Å². The van der Waals surface area contributed by atoms with Crippen LogP contribution in [0.1, 0.15) is 24.4 Å². The number of hydrogen-bond donors (Lipinski definition) is 2. The first-order chi connectivity index (χ1) is 13.1. The van der Waals surface area contributed by atoms with E-state index < -0.39 is 11.9 Å². The number of aromatic nitrogens is 2. The van der Waals surface area contributed by atoms with Crippen molar-refractivity contribution in [3.63, 3.8) is 0 Å². The van der Waals surface area contributed by atoms with Gasteiger partial charge in [0.25, 0.3) is 0 Å². The summed E-state index contributed by atoms with van der Waals surface area (Å²) in [6.45, 7) is 2.08. The number of amides is 2. The van der Waals surface area contributed by atoms with Gasteiger partial charge in [-0.3, -0.25) is 24.0 Å². The minimum atomic E-state index is -0.670. The molecule has 5 rings (SSSR count). The molecule has 2 aliphatic heterocycles. The minimum absolute atomic E-state index is 0.233. The summed E-state index contributed by atoms with van der Waals surface area (Å²) in [5.41, 5.74) is 1.96. The highest BCUT2D eigenvalue weighted by molar-refractivity contribution is 6.00. The molecule has 0 radical (unpaired) electrons. The molecule has 3 heterocycles. The lowest BCUT2D eigenvalue weighted by Crippen LogP contribution is -2.44. The number of carbonyl (C=O) groups excluding carboxylic acids is 2. The molecule has 0 spiro atoms. The van der Waals surface area contributed by atoms with Crippen LogP contribution in [0.15, 0.2) is 23.0 Å². The third kappa shape index (κ3) is 2.44. The van der Waals surface area contributed by atoms with Crippen molar-refractivity contribution in [3.05, 3.63) is 34.2 Å². The first-order valence-electron chi connectivity index (χ1n) is 9.32. The molecule has 7 heteroatoms. The lowest BCUT2D eigenvalue weighted by atomic mass is 10.1. The molecule has 3 aliphatic rings. The number of rotatable bonds is 1. The summed E-state index contributed by atoms with van der Waals surface area (Å²) in [4.78, 5) is 36.6. The van der Waals surface area contributed by atoms with Crippen molar-refractivity contribution < 1.29 is 9.59 Å². The molecule has 1 saturated carbocycles. The van der Waals surface area contributed by atoms with Crippen LogP contribution in [0.25, 0.3) is 11.0 Å². The maximum absolute atomic E-state index is 12.9. The van der Waals surface area contributed by atoms with Gasteiger partial charge in [0, 0.05) is 19.4 Å². The van der Waals surface area contributed by atoms with Gasteiger partial charge in [0.05, 0.1) is 16.6 Å². The fourth-order valence-electron chi connectivity index (χ4n) is 4.56. The molecule has 2 N–H and O–H groups in total. The molecular weight excluding hydrogens is 344 g/mol. The molecule has 2 amide bonds. The van der Waals surface area contributed by atoms with Crippen LogP contribution in [0.2, 0.25) is 0 Å². The van der Waals surface area contributed by atoms with E-state index in [4.69, 9.17) is 0 Å². The Hall–Kier alpha value is -2.85. The predicted octanol–water partition coefficient (Wildman–Crippen LogP) is 0.135. The van der Waals surface area contributed by atoms with Gasteiger partial charge < -0.3 is 5.32 Å². The Balaban J connectivity index is 1.58. The zero-order chi connectivity index (χ0) is 18.7. The van der Waals surface area contributed by atoms with Gasteiger partial charge in [0.1, 0.15) is 6.04 Å². The van der Waals surface area contributed by atoms with Crippen LogP contribution in [0.4, 0.5) is 0 Å². The van der Waals surface area contributed by atoms with Crippen LogP contribution in [0.3, 0.4) is 0 Å². The standard InChI is InChI=1S/C20H20N4O3/c1-23-18-11(5-6-12-13-9-21-10-14(12)13)3-2-4-15(18)24(20(23)27)16-7-8-17(25)22-19(16)26/h2-4,12-14,16,21H,7-10H2,1H3,(H,22,25,26)/t12?,13-,14?,16?/m0/s1. The summed E-state index contributed by atoms with van der Waals surface area (Å²) in [6.07, 6.45) is 0.565. The molecule has 0 bridgehead atoms. The van der Waals surface area contributed by atoms with Crippen LogP contribution < -0.4 is 16.3 Å². The van der Waals surface area contributed by atoms with Gasteiger partial charge in [-0.05, 0) is 43.5 Å². The highest BCUT2D eigenvalue weighted by Crippen LogP contribution is 2.48. The fourth-order valence-corrected chi connectivity index (χ4v) is 4.56. The lowest BCUT2D eigenvalue weighted by Gasteiger charge is -2.21. The monoisotopic (exact) mass is 364 g/mol. The second-order valence-electron chi connectivity index (χ2n) is 7.63. The van der Waals surface area contributed by atoms with E-state index in [1.165, 1.54) is 4.57 Å². The number of piperidine rings is 2. The van der Waals surface area contributed by atoms with Crippen molar-refractivity contribution in [2.75, 3.05) is 13.1 Å². The van der Waals surface area contributed by atoms with E-state index in [2.05, 4.69) is 22.5 Å². The number of aryl methyl sites for hydroxylation is 1. The van der Waals surface area contributed by atoms with E-state index in [0.29, 0.717) is 29.7 Å². The van der Waals surface area contributed by atoms with Crippen LogP contribution >= 0.6 is 0 Å². The van der Waals surface area contributed by atoms with Gasteiger partial charge in [0.15, 0.2) is 0 Å². The van der Waals surface area contributed by atoms with Crippen molar-refractivity contribution in [1.82, 2.24) is 19.8 Å². The first kappa shape index (κ1) is 16.3. The smallest absolute Gasteiger partial charge is 0.316 e. The van der Waals surface area contributed by atoms with Crippen LogP contribution in [0, 0.1) is 29.6 Å². The summed E-state index contributed by atoms with van der Waals surface area (Å²) in [6, 6.07) is 4.95. The molecule has 4 atom stereocenters. The fraction of sp³-hybridized carbons (Fsp3) is 0.450. The van der Waals surface area contributed by atoms with Gasteiger partial charge in [-0.1, -0.05) is 17.9 Å². The lowest BCUT2D eigenvalue weighted by molar-refractivity contribution is -0.135. The SMILES string of the molecule is Cn1c(=O)n(C2CCC(=O)NC2=O)c2cccc(C#CC3C4CNC[C@@H]34)c21.